The highest BCUT2D eigenvalue weighted by molar-refractivity contribution is 6.46. The molecule has 2 aliphatic heterocycles. The zero-order valence-electron chi connectivity index (χ0n) is 23.9. The Morgan fingerprint density at radius 1 is 1.15 bits per heavy atom. The minimum atomic E-state index is -0.696. The van der Waals surface area contributed by atoms with E-state index in [0.29, 0.717) is 30.4 Å². The molecule has 1 N–H and O–H groups in total. The molecule has 0 radical (unpaired) electrons. The number of hydrogen-bond acceptors (Lipinski definition) is 6. The van der Waals surface area contributed by atoms with Crippen molar-refractivity contribution >= 4 is 17.4 Å². The van der Waals surface area contributed by atoms with Crippen molar-refractivity contribution in [2.75, 3.05) is 32.8 Å². The van der Waals surface area contributed by atoms with Gasteiger partial charge in [0.2, 0.25) is 0 Å². The monoisotopic (exact) mass is 534 g/mol. The van der Waals surface area contributed by atoms with Crippen LogP contribution in [0, 0.1) is 5.92 Å². The molecule has 1 fully saturated rings. The van der Waals surface area contributed by atoms with E-state index in [9.17, 15) is 14.7 Å². The molecule has 7 nitrogen and oxygen atoms in total. The molecule has 0 aliphatic carbocycles. The van der Waals surface area contributed by atoms with Gasteiger partial charge in [0.15, 0.2) is 0 Å². The van der Waals surface area contributed by atoms with Crippen LogP contribution >= 0.6 is 0 Å². The number of rotatable bonds is 12. The molecule has 2 aromatic rings. The van der Waals surface area contributed by atoms with Crippen molar-refractivity contribution in [3.05, 3.63) is 64.7 Å². The second-order valence-corrected chi connectivity index (χ2v) is 10.9. The molecule has 1 saturated heterocycles. The van der Waals surface area contributed by atoms with E-state index in [1.54, 1.807) is 11.0 Å². The Labute approximate surface area is 232 Å². The van der Waals surface area contributed by atoms with E-state index in [1.807, 2.05) is 43.3 Å². The third kappa shape index (κ3) is 6.47. The summed E-state index contributed by atoms with van der Waals surface area (Å²) in [4.78, 5) is 30.8. The van der Waals surface area contributed by atoms with Gasteiger partial charge in [-0.3, -0.25) is 9.59 Å². The third-order valence-electron chi connectivity index (χ3n) is 7.61. The highest BCUT2D eigenvalue weighted by atomic mass is 16.5. The maximum Gasteiger partial charge on any atom is 0.295 e. The van der Waals surface area contributed by atoms with E-state index in [-0.39, 0.29) is 17.4 Å². The van der Waals surface area contributed by atoms with Gasteiger partial charge in [-0.1, -0.05) is 39.8 Å². The van der Waals surface area contributed by atoms with E-state index in [1.165, 1.54) is 0 Å². The number of hydrogen-bond donors (Lipinski definition) is 1. The van der Waals surface area contributed by atoms with E-state index in [4.69, 9.17) is 9.47 Å². The number of carbonyl (C=O) groups is 2. The first-order chi connectivity index (χ1) is 18.7. The summed E-state index contributed by atoms with van der Waals surface area (Å²) in [6.07, 6.45) is 2.45. The second kappa shape index (κ2) is 12.7. The lowest BCUT2D eigenvalue weighted by atomic mass is 9.94. The predicted octanol–water partition coefficient (Wildman–Crippen LogP) is 5.59. The van der Waals surface area contributed by atoms with Crippen LogP contribution in [0.3, 0.4) is 0 Å². The van der Waals surface area contributed by atoms with E-state index >= 15 is 0 Å². The molecular formula is C32H42N2O5. The summed E-state index contributed by atoms with van der Waals surface area (Å²) in [5.74, 6) is 0.607. The summed E-state index contributed by atoms with van der Waals surface area (Å²) < 4.78 is 11.8. The summed E-state index contributed by atoms with van der Waals surface area (Å²) in [6.45, 7) is 14.2. The van der Waals surface area contributed by atoms with Crippen LogP contribution in [0.15, 0.2) is 48.0 Å². The third-order valence-corrected chi connectivity index (χ3v) is 7.61. The van der Waals surface area contributed by atoms with Crippen molar-refractivity contribution in [3.8, 4) is 11.5 Å². The maximum absolute atomic E-state index is 13.5. The fourth-order valence-electron chi connectivity index (χ4n) is 5.37. The van der Waals surface area contributed by atoms with Crippen molar-refractivity contribution in [2.45, 2.75) is 66.0 Å². The normalized spacial score (nSPS) is 20.1. The molecule has 210 valence electrons. The van der Waals surface area contributed by atoms with Crippen LogP contribution in [0.4, 0.5) is 0 Å². The van der Waals surface area contributed by atoms with Crippen molar-refractivity contribution in [3.63, 3.8) is 0 Å². The van der Waals surface area contributed by atoms with Gasteiger partial charge in [0.1, 0.15) is 23.4 Å². The highest BCUT2D eigenvalue weighted by Crippen LogP contribution is 2.41. The Bertz CT molecular complexity index is 1220. The molecule has 7 heteroatoms. The van der Waals surface area contributed by atoms with Gasteiger partial charge in [0.05, 0.1) is 18.2 Å². The number of fused-ring (bicyclic) bond motifs is 1. The van der Waals surface area contributed by atoms with Crippen LogP contribution in [-0.4, -0.2) is 65.5 Å². The van der Waals surface area contributed by atoms with E-state index < -0.39 is 17.7 Å². The molecule has 0 bridgehead atoms. The summed E-state index contributed by atoms with van der Waals surface area (Å²) in [5.41, 5.74) is 2.37. The SMILES string of the molecule is CCN(CC)CCCN1C(=O)C(=O)/C(=C(/O)c2ccc3c(c2)C[C@@H](C)O3)[C@H]1c1cccc(OCCC(C)C)c1. The number of likely N-dealkylation sites (tertiary alicyclic amines) is 1. The number of carbonyl (C=O) groups excluding carboxylic acids is 2. The summed E-state index contributed by atoms with van der Waals surface area (Å²) in [6, 6.07) is 12.3. The molecule has 2 atom stereocenters. The summed E-state index contributed by atoms with van der Waals surface area (Å²) in [7, 11) is 0. The van der Waals surface area contributed by atoms with Crippen LogP contribution in [0.5, 0.6) is 11.5 Å². The van der Waals surface area contributed by atoms with Gasteiger partial charge in [0.25, 0.3) is 11.7 Å². The molecule has 2 aromatic carbocycles. The minimum Gasteiger partial charge on any atom is -0.507 e. The highest BCUT2D eigenvalue weighted by Gasteiger charge is 2.46. The number of aliphatic hydroxyl groups is 1. The minimum absolute atomic E-state index is 0.0622. The number of aliphatic hydroxyl groups excluding tert-OH is 1. The fraction of sp³-hybridized carbons (Fsp3) is 0.500. The number of ketones is 1. The topological polar surface area (TPSA) is 79.3 Å². The van der Waals surface area contributed by atoms with Gasteiger partial charge < -0.3 is 24.4 Å². The summed E-state index contributed by atoms with van der Waals surface area (Å²) >= 11 is 0. The predicted molar refractivity (Wildman–Crippen MR) is 153 cm³/mol. The lowest BCUT2D eigenvalue weighted by Gasteiger charge is -2.27. The standard InChI is InChI=1S/C32H42N2O5/c1-6-33(7-2)15-9-16-34-29(23-10-8-11-26(20-23)38-17-14-21(3)4)28(31(36)32(34)37)30(35)24-12-13-27-25(19-24)18-22(5)39-27/h8,10-13,19-22,29,35H,6-7,9,14-18H2,1-5H3/b30-28+/t22-,29-/m1/s1. The van der Waals surface area contributed by atoms with Gasteiger partial charge in [-0.2, -0.15) is 0 Å². The number of nitrogens with zero attached hydrogens (tertiary/aromatic N) is 2. The van der Waals surface area contributed by atoms with Crippen LogP contribution in [0.2, 0.25) is 0 Å². The van der Waals surface area contributed by atoms with Crippen LogP contribution in [0.25, 0.3) is 5.76 Å². The smallest absolute Gasteiger partial charge is 0.295 e. The zero-order valence-corrected chi connectivity index (χ0v) is 23.9. The molecule has 0 saturated carbocycles. The van der Waals surface area contributed by atoms with Gasteiger partial charge in [-0.05, 0) is 86.8 Å². The second-order valence-electron chi connectivity index (χ2n) is 10.9. The first-order valence-electron chi connectivity index (χ1n) is 14.3. The Hall–Kier alpha value is -3.32. The Morgan fingerprint density at radius 2 is 1.92 bits per heavy atom. The average Bonchev–Trinajstić information content (AvgIpc) is 3.41. The molecule has 0 spiro atoms. The molecule has 1 amide bonds. The number of amides is 1. The maximum atomic E-state index is 13.5. The largest absolute Gasteiger partial charge is 0.507 e. The number of benzene rings is 2. The van der Waals surface area contributed by atoms with Gasteiger partial charge in [-0.25, -0.2) is 0 Å². The lowest BCUT2D eigenvalue weighted by Crippen LogP contribution is -2.33. The molecule has 39 heavy (non-hydrogen) atoms. The van der Waals surface area contributed by atoms with E-state index in [2.05, 4.69) is 32.6 Å². The Balaban J connectivity index is 1.71. The molecule has 4 rings (SSSR count). The van der Waals surface area contributed by atoms with E-state index in [0.717, 1.165) is 55.8 Å². The molecule has 2 aliphatic rings. The first-order valence-corrected chi connectivity index (χ1v) is 14.3. The van der Waals surface area contributed by atoms with Crippen molar-refractivity contribution in [1.29, 1.82) is 0 Å². The number of ether oxygens (including phenoxy) is 2. The lowest BCUT2D eigenvalue weighted by molar-refractivity contribution is -0.140. The Kier molecular flexibility index (Phi) is 9.33. The Morgan fingerprint density at radius 3 is 2.64 bits per heavy atom. The molecular weight excluding hydrogens is 492 g/mol. The summed E-state index contributed by atoms with van der Waals surface area (Å²) in [5, 5.41) is 11.5. The van der Waals surface area contributed by atoms with Gasteiger partial charge in [0, 0.05) is 18.5 Å². The van der Waals surface area contributed by atoms with Crippen LogP contribution in [0.1, 0.15) is 70.2 Å². The molecule has 0 aromatic heterocycles. The van der Waals surface area contributed by atoms with Crippen molar-refractivity contribution in [1.82, 2.24) is 9.80 Å². The zero-order chi connectivity index (χ0) is 28.1. The quantitative estimate of drug-likeness (QED) is 0.217. The van der Waals surface area contributed by atoms with Crippen molar-refractivity contribution < 1.29 is 24.2 Å². The van der Waals surface area contributed by atoms with Gasteiger partial charge >= 0.3 is 0 Å². The van der Waals surface area contributed by atoms with Gasteiger partial charge in [-0.15, -0.1) is 0 Å². The van der Waals surface area contributed by atoms with Crippen LogP contribution in [-0.2, 0) is 16.0 Å². The van der Waals surface area contributed by atoms with Crippen LogP contribution < -0.4 is 9.47 Å². The fourth-order valence-corrected chi connectivity index (χ4v) is 5.37. The first kappa shape index (κ1) is 28.7. The molecule has 2 heterocycles. The average molecular weight is 535 g/mol. The van der Waals surface area contributed by atoms with Crippen molar-refractivity contribution in [2.24, 2.45) is 5.92 Å². The molecule has 0 unspecified atom stereocenters. The number of Topliss-reactive ketones (excluding diaryl/α,β-unsaturated/α-hetero) is 1.